The first kappa shape index (κ1) is 26.1. The molecule has 3 N–H and O–H groups in total. The maximum Gasteiger partial charge on any atom is 0.240 e. The number of halogens is 1. The van der Waals surface area contributed by atoms with Gasteiger partial charge in [0.15, 0.2) is 5.96 Å². The van der Waals surface area contributed by atoms with Crippen LogP contribution in [0.5, 0.6) is 0 Å². The van der Waals surface area contributed by atoms with Crippen molar-refractivity contribution in [3.8, 4) is 0 Å². The van der Waals surface area contributed by atoms with Crippen LogP contribution in [-0.4, -0.2) is 65.6 Å². The van der Waals surface area contributed by atoms with Gasteiger partial charge in [-0.3, -0.25) is 4.99 Å². The summed E-state index contributed by atoms with van der Waals surface area (Å²) in [5, 5.41) is 6.44. The molecule has 1 aliphatic heterocycles. The van der Waals surface area contributed by atoms with Crippen LogP contribution in [0.2, 0.25) is 0 Å². The molecule has 0 aliphatic carbocycles. The Kier molecular flexibility index (Phi) is 12.8. The molecule has 0 amide bonds. The number of benzene rings is 1. The molecular weight excluding hydrogens is 501 g/mol. The van der Waals surface area contributed by atoms with Gasteiger partial charge in [0.2, 0.25) is 10.0 Å². The van der Waals surface area contributed by atoms with E-state index in [0.717, 1.165) is 25.1 Å². The second-order valence-corrected chi connectivity index (χ2v) is 9.01. The molecule has 1 aromatic carbocycles. The molecule has 9 heteroatoms. The highest BCUT2D eigenvalue weighted by atomic mass is 127. The van der Waals surface area contributed by atoms with Crippen LogP contribution in [-0.2, 0) is 10.0 Å². The molecule has 1 aliphatic rings. The molecule has 0 atom stereocenters. The quantitative estimate of drug-likeness (QED) is 0.195. The predicted octanol–water partition coefficient (Wildman–Crippen LogP) is 2.32. The second-order valence-electron chi connectivity index (χ2n) is 7.25. The molecule has 0 spiro atoms. The Labute approximate surface area is 193 Å². The molecule has 0 radical (unpaired) electrons. The molecule has 166 valence electrons. The van der Waals surface area contributed by atoms with Crippen molar-refractivity contribution in [2.75, 3.05) is 46.3 Å². The van der Waals surface area contributed by atoms with Crippen molar-refractivity contribution in [3.63, 3.8) is 0 Å². The molecular formula is C20H36IN5O2S. The number of hydrogen-bond donors (Lipinski definition) is 3. The summed E-state index contributed by atoms with van der Waals surface area (Å²) in [7, 11) is -1.75. The monoisotopic (exact) mass is 537 g/mol. The lowest BCUT2D eigenvalue weighted by molar-refractivity contribution is 0.282. The van der Waals surface area contributed by atoms with Gasteiger partial charge in [0.1, 0.15) is 0 Å². The molecule has 1 saturated heterocycles. The molecule has 7 nitrogen and oxygen atoms in total. The number of guanidine groups is 1. The zero-order chi connectivity index (χ0) is 20.2. The first-order valence-corrected chi connectivity index (χ1v) is 11.7. The highest BCUT2D eigenvalue weighted by Crippen LogP contribution is 2.10. The zero-order valence-corrected chi connectivity index (χ0v) is 20.8. The minimum atomic E-state index is -3.47. The van der Waals surface area contributed by atoms with Crippen LogP contribution < -0.4 is 15.4 Å². The average molecular weight is 538 g/mol. The van der Waals surface area contributed by atoms with Crippen LogP contribution in [0.15, 0.2) is 34.2 Å². The van der Waals surface area contributed by atoms with Gasteiger partial charge in [0.05, 0.1) is 4.90 Å². The summed E-state index contributed by atoms with van der Waals surface area (Å²) in [6.45, 7) is 7.09. The topological polar surface area (TPSA) is 85.8 Å². The molecule has 1 heterocycles. The number of nitrogens with one attached hydrogen (secondary N) is 3. The largest absolute Gasteiger partial charge is 0.356 e. The molecule has 1 aromatic rings. The first-order valence-electron chi connectivity index (χ1n) is 10.2. The Hall–Kier alpha value is -0.910. The molecule has 2 rings (SSSR count). The van der Waals surface area contributed by atoms with E-state index < -0.39 is 10.0 Å². The van der Waals surface area contributed by atoms with E-state index in [9.17, 15) is 8.42 Å². The second kappa shape index (κ2) is 14.2. The standard InChI is InChI=1S/C20H35N5O2S.HI/c1-18-8-10-19(11-9-18)28(26,27)24-14-13-23-20(21-2)22-12-7-17-25-15-5-3-4-6-16-25;/h8-11,24H,3-7,12-17H2,1-2H3,(H2,21,22,23);1H. The highest BCUT2D eigenvalue weighted by Gasteiger charge is 2.12. The van der Waals surface area contributed by atoms with Crippen molar-refractivity contribution in [1.82, 2.24) is 20.3 Å². The van der Waals surface area contributed by atoms with Gasteiger partial charge in [0, 0.05) is 26.7 Å². The van der Waals surface area contributed by atoms with E-state index in [-0.39, 0.29) is 28.9 Å². The van der Waals surface area contributed by atoms with Crippen molar-refractivity contribution in [2.24, 2.45) is 4.99 Å². The lowest BCUT2D eigenvalue weighted by Crippen LogP contribution is -2.42. The van der Waals surface area contributed by atoms with Gasteiger partial charge in [-0.25, -0.2) is 13.1 Å². The molecule has 1 fully saturated rings. The van der Waals surface area contributed by atoms with E-state index in [1.54, 1.807) is 31.3 Å². The number of aliphatic imine (C=N–C) groups is 1. The van der Waals surface area contributed by atoms with Crippen LogP contribution in [0.25, 0.3) is 0 Å². The van der Waals surface area contributed by atoms with Gasteiger partial charge in [-0.2, -0.15) is 0 Å². The summed E-state index contributed by atoms with van der Waals surface area (Å²) < 4.78 is 27.1. The normalized spacial score (nSPS) is 16.0. The molecule has 0 unspecified atom stereocenters. The summed E-state index contributed by atoms with van der Waals surface area (Å²) >= 11 is 0. The molecule has 0 bridgehead atoms. The van der Waals surface area contributed by atoms with E-state index in [4.69, 9.17) is 0 Å². The lowest BCUT2D eigenvalue weighted by Gasteiger charge is -2.20. The van der Waals surface area contributed by atoms with Gasteiger partial charge in [-0.1, -0.05) is 30.5 Å². The molecule has 0 saturated carbocycles. The number of likely N-dealkylation sites (tertiary alicyclic amines) is 1. The molecule has 0 aromatic heterocycles. The molecule has 29 heavy (non-hydrogen) atoms. The van der Waals surface area contributed by atoms with E-state index in [0.29, 0.717) is 19.0 Å². The number of hydrogen-bond acceptors (Lipinski definition) is 4. The predicted molar refractivity (Wildman–Crippen MR) is 131 cm³/mol. The van der Waals surface area contributed by atoms with E-state index in [1.807, 2.05) is 6.92 Å². The van der Waals surface area contributed by atoms with Crippen molar-refractivity contribution in [2.45, 2.75) is 43.9 Å². The van der Waals surface area contributed by atoms with E-state index >= 15 is 0 Å². The smallest absolute Gasteiger partial charge is 0.240 e. The Morgan fingerprint density at radius 3 is 2.24 bits per heavy atom. The Bertz CT molecular complexity index is 702. The maximum absolute atomic E-state index is 12.3. The van der Waals surface area contributed by atoms with Crippen LogP contribution in [0.3, 0.4) is 0 Å². The summed E-state index contributed by atoms with van der Waals surface area (Å²) in [5.74, 6) is 0.699. The number of aryl methyl sites for hydroxylation is 1. The van der Waals surface area contributed by atoms with Crippen molar-refractivity contribution >= 4 is 40.0 Å². The van der Waals surface area contributed by atoms with Crippen LogP contribution >= 0.6 is 24.0 Å². The summed E-state index contributed by atoms with van der Waals surface area (Å²) in [4.78, 5) is 7.03. The lowest BCUT2D eigenvalue weighted by atomic mass is 10.2. The van der Waals surface area contributed by atoms with Crippen LogP contribution in [0, 0.1) is 6.92 Å². The van der Waals surface area contributed by atoms with E-state index in [2.05, 4.69) is 25.2 Å². The third kappa shape index (κ3) is 10.1. The number of rotatable bonds is 9. The third-order valence-corrected chi connectivity index (χ3v) is 6.38. The van der Waals surface area contributed by atoms with Gasteiger partial charge in [-0.05, 0) is 58.0 Å². The van der Waals surface area contributed by atoms with Gasteiger partial charge < -0.3 is 15.5 Å². The van der Waals surface area contributed by atoms with Crippen molar-refractivity contribution in [1.29, 1.82) is 0 Å². The average Bonchev–Trinajstić information content (AvgIpc) is 2.96. The van der Waals surface area contributed by atoms with Gasteiger partial charge in [0.25, 0.3) is 0 Å². The Balaban J connectivity index is 0.00000420. The fourth-order valence-corrected chi connectivity index (χ4v) is 4.29. The van der Waals surface area contributed by atoms with Crippen molar-refractivity contribution < 1.29 is 8.42 Å². The number of nitrogens with zero attached hydrogens (tertiary/aromatic N) is 2. The summed E-state index contributed by atoms with van der Waals surface area (Å²) in [6.07, 6.45) is 6.42. The van der Waals surface area contributed by atoms with Crippen molar-refractivity contribution in [3.05, 3.63) is 29.8 Å². The first-order chi connectivity index (χ1) is 13.5. The van der Waals surface area contributed by atoms with Crippen LogP contribution in [0.4, 0.5) is 0 Å². The van der Waals surface area contributed by atoms with E-state index in [1.165, 1.54) is 38.8 Å². The maximum atomic E-state index is 12.3. The minimum absolute atomic E-state index is 0. The SMILES string of the molecule is CN=C(NCCCN1CCCCCC1)NCCNS(=O)(=O)c1ccc(C)cc1.I. The fourth-order valence-electron chi connectivity index (χ4n) is 3.26. The van der Waals surface area contributed by atoms with Gasteiger partial charge in [-0.15, -0.1) is 24.0 Å². The Morgan fingerprint density at radius 1 is 1.00 bits per heavy atom. The number of sulfonamides is 1. The summed E-state index contributed by atoms with van der Waals surface area (Å²) in [5.41, 5.74) is 1.03. The minimum Gasteiger partial charge on any atom is -0.356 e. The zero-order valence-electron chi connectivity index (χ0n) is 17.6. The fraction of sp³-hybridized carbons (Fsp3) is 0.650. The highest BCUT2D eigenvalue weighted by molar-refractivity contribution is 14.0. The third-order valence-electron chi connectivity index (χ3n) is 4.91. The van der Waals surface area contributed by atoms with Gasteiger partial charge >= 0.3 is 0 Å². The Morgan fingerprint density at radius 2 is 1.62 bits per heavy atom. The summed E-state index contributed by atoms with van der Waals surface area (Å²) in [6, 6.07) is 6.83. The van der Waals surface area contributed by atoms with Crippen LogP contribution in [0.1, 0.15) is 37.7 Å².